The predicted octanol–water partition coefficient (Wildman–Crippen LogP) is 1.65. The maximum atomic E-state index is 6.00. The highest BCUT2D eigenvalue weighted by Gasteiger charge is 2.20. The van der Waals surface area contributed by atoms with Gasteiger partial charge in [-0.2, -0.15) is 0 Å². The van der Waals surface area contributed by atoms with Gasteiger partial charge in [0.15, 0.2) is 0 Å². The van der Waals surface area contributed by atoms with Gasteiger partial charge in [-0.1, -0.05) is 28.9 Å². The van der Waals surface area contributed by atoms with E-state index < -0.39 is 0 Å². The third kappa shape index (κ3) is 2.32. The lowest BCUT2D eigenvalue weighted by Gasteiger charge is -2.26. The quantitative estimate of drug-likeness (QED) is 0.912. The number of nitrogens with one attached hydrogen (secondary N) is 1. The van der Waals surface area contributed by atoms with E-state index in [0.29, 0.717) is 23.4 Å². The molecule has 0 bridgehead atoms. The first-order chi connectivity index (χ1) is 8.83. The van der Waals surface area contributed by atoms with Crippen LogP contribution in [-0.2, 0) is 6.61 Å². The van der Waals surface area contributed by atoms with Gasteiger partial charge < -0.3 is 10.1 Å². The summed E-state index contributed by atoms with van der Waals surface area (Å²) >= 11 is 6.00. The number of nitrogens with zero attached hydrogens (tertiary/aromatic N) is 3. The average Bonchev–Trinajstić information content (AvgIpc) is 2.74. The molecule has 1 N–H and O–H groups in total. The van der Waals surface area contributed by atoms with E-state index in [2.05, 4.69) is 15.6 Å². The second-order valence-corrected chi connectivity index (χ2v) is 4.63. The molecule has 0 saturated carbocycles. The molecule has 1 aliphatic rings. The fraction of sp³-hybridized carbons (Fsp3) is 0.333. The minimum atomic E-state index is 0.379. The summed E-state index contributed by atoms with van der Waals surface area (Å²) in [4.78, 5) is 0. The van der Waals surface area contributed by atoms with E-state index in [0.717, 1.165) is 18.8 Å². The molecule has 0 radical (unpaired) electrons. The molecule has 5 nitrogen and oxygen atoms in total. The summed E-state index contributed by atoms with van der Waals surface area (Å²) in [6.45, 7) is 2.28. The van der Waals surface area contributed by atoms with Crippen LogP contribution in [0.15, 0.2) is 30.5 Å². The van der Waals surface area contributed by atoms with E-state index >= 15 is 0 Å². The van der Waals surface area contributed by atoms with Crippen LogP contribution in [0.1, 0.15) is 11.7 Å². The van der Waals surface area contributed by atoms with Crippen LogP contribution in [0.25, 0.3) is 0 Å². The number of ether oxygens (including phenoxy) is 1. The first-order valence-corrected chi connectivity index (χ1v) is 6.19. The van der Waals surface area contributed by atoms with Gasteiger partial charge in [0, 0.05) is 13.1 Å². The number of benzene rings is 1. The van der Waals surface area contributed by atoms with Crippen LogP contribution in [0, 0.1) is 0 Å². The fourth-order valence-electron chi connectivity index (χ4n) is 1.73. The maximum Gasteiger partial charge on any atom is 0.138 e. The number of hydrogen-bond acceptors (Lipinski definition) is 4. The van der Waals surface area contributed by atoms with Gasteiger partial charge >= 0.3 is 0 Å². The third-order valence-corrected chi connectivity index (χ3v) is 3.22. The zero-order chi connectivity index (χ0) is 12.4. The molecule has 6 heteroatoms. The highest BCUT2D eigenvalue weighted by Crippen LogP contribution is 2.23. The summed E-state index contributed by atoms with van der Waals surface area (Å²) in [6.07, 6.45) is 1.92. The zero-order valence-corrected chi connectivity index (χ0v) is 10.5. The Hall–Kier alpha value is -1.59. The number of halogens is 1. The molecule has 2 aromatic rings. The van der Waals surface area contributed by atoms with Crippen molar-refractivity contribution in [1.82, 2.24) is 20.3 Å². The summed E-state index contributed by atoms with van der Waals surface area (Å²) in [5.41, 5.74) is 0.807. The van der Waals surface area contributed by atoms with Gasteiger partial charge in [0.1, 0.15) is 18.1 Å². The van der Waals surface area contributed by atoms with Crippen molar-refractivity contribution in [1.29, 1.82) is 0 Å². The smallest absolute Gasteiger partial charge is 0.138 e. The van der Waals surface area contributed by atoms with Gasteiger partial charge in [-0.25, -0.2) is 4.68 Å². The van der Waals surface area contributed by atoms with Crippen LogP contribution in [0.2, 0.25) is 5.02 Å². The molecule has 0 amide bonds. The molecule has 94 valence electrons. The molecule has 0 spiro atoms. The van der Waals surface area contributed by atoms with Crippen molar-refractivity contribution < 1.29 is 4.74 Å². The summed E-state index contributed by atoms with van der Waals surface area (Å²) in [7, 11) is 0. The van der Waals surface area contributed by atoms with E-state index in [1.165, 1.54) is 0 Å². The lowest BCUT2D eigenvalue weighted by atomic mass is 10.2. The molecule has 1 aromatic heterocycles. The standard InChI is InChI=1S/C12H13ClN4O/c13-11-3-1-2-4-12(11)18-8-9-7-17(16-15-9)10-5-14-6-10/h1-4,7,10,14H,5-6,8H2. The Bertz CT molecular complexity index is 538. The molecule has 0 atom stereocenters. The molecule has 2 heterocycles. The number of rotatable bonds is 4. The maximum absolute atomic E-state index is 6.00. The number of para-hydroxylation sites is 1. The second kappa shape index (κ2) is 4.96. The predicted molar refractivity (Wildman–Crippen MR) is 67.7 cm³/mol. The minimum Gasteiger partial charge on any atom is -0.486 e. The van der Waals surface area contributed by atoms with Gasteiger partial charge in [0.2, 0.25) is 0 Å². The highest BCUT2D eigenvalue weighted by atomic mass is 35.5. The minimum absolute atomic E-state index is 0.379. The van der Waals surface area contributed by atoms with Crippen LogP contribution >= 0.6 is 11.6 Å². The fourth-order valence-corrected chi connectivity index (χ4v) is 1.92. The molecule has 1 saturated heterocycles. The highest BCUT2D eigenvalue weighted by molar-refractivity contribution is 6.32. The second-order valence-electron chi connectivity index (χ2n) is 4.22. The van der Waals surface area contributed by atoms with Crippen LogP contribution in [-0.4, -0.2) is 28.1 Å². The van der Waals surface area contributed by atoms with Crippen molar-refractivity contribution in [3.63, 3.8) is 0 Å². The van der Waals surface area contributed by atoms with Gasteiger partial charge in [-0.3, -0.25) is 0 Å². The molecular formula is C12H13ClN4O. The lowest BCUT2D eigenvalue weighted by Crippen LogP contribution is -2.43. The summed E-state index contributed by atoms with van der Waals surface area (Å²) < 4.78 is 7.48. The Kier molecular flexibility index (Phi) is 3.17. The van der Waals surface area contributed by atoms with E-state index in [-0.39, 0.29) is 0 Å². The van der Waals surface area contributed by atoms with Gasteiger partial charge in [-0.05, 0) is 12.1 Å². The van der Waals surface area contributed by atoms with Crippen LogP contribution in [0.5, 0.6) is 5.75 Å². The van der Waals surface area contributed by atoms with E-state index in [9.17, 15) is 0 Å². The van der Waals surface area contributed by atoms with E-state index in [1.54, 1.807) is 6.07 Å². The molecule has 1 fully saturated rings. The van der Waals surface area contributed by atoms with Crippen LogP contribution in [0.4, 0.5) is 0 Å². The molecule has 1 aromatic carbocycles. The van der Waals surface area contributed by atoms with Crippen molar-refractivity contribution in [3.8, 4) is 5.75 Å². The Morgan fingerprint density at radius 1 is 1.39 bits per heavy atom. The molecule has 18 heavy (non-hydrogen) atoms. The third-order valence-electron chi connectivity index (χ3n) is 2.90. The van der Waals surface area contributed by atoms with Crippen molar-refractivity contribution in [3.05, 3.63) is 41.2 Å². The molecule has 1 aliphatic heterocycles. The first kappa shape index (κ1) is 11.5. The Labute approximate surface area is 110 Å². The average molecular weight is 265 g/mol. The Morgan fingerprint density at radius 2 is 2.22 bits per heavy atom. The Morgan fingerprint density at radius 3 is 2.94 bits per heavy atom. The molecule has 0 aliphatic carbocycles. The first-order valence-electron chi connectivity index (χ1n) is 5.81. The largest absolute Gasteiger partial charge is 0.486 e. The zero-order valence-electron chi connectivity index (χ0n) is 9.71. The Balaban J connectivity index is 1.63. The monoisotopic (exact) mass is 264 g/mol. The lowest BCUT2D eigenvalue weighted by molar-refractivity contribution is 0.301. The SMILES string of the molecule is Clc1ccccc1OCc1cn(C2CNC2)nn1. The summed E-state index contributed by atoms with van der Waals surface area (Å²) in [5.74, 6) is 0.666. The van der Waals surface area contributed by atoms with Gasteiger partial charge in [0.05, 0.1) is 17.3 Å². The molecule has 3 rings (SSSR count). The van der Waals surface area contributed by atoms with E-state index in [1.807, 2.05) is 29.1 Å². The van der Waals surface area contributed by atoms with Gasteiger partial charge in [-0.15, -0.1) is 5.10 Å². The summed E-state index contributed by atoms with van der Waals surface area (Å²) in [5, 5.41) is 12.0. The van der Waals surface area contributed by atoms with Crippen molar-refractivity contribution in [2.75, 3.05) is 13.1 Å². The summed E-state index contributed by atoms with van der Waals surface area (Å²) in [6, 6.07) is 7.82. The van der Waals surface area contributed by atoms with Crippen LogP contribution in [0.3, 0.4) is 0 Å². The van der Waals surface area contributed by atoms with Crippen molar-refractivity contribution in [2.45, 2.75) is 12.6 Å². The molecular weight excluding hydrogens is 252 g/mol. The van der Waals surface area contributed by atoms with Crippen LogP contribution < -0.4 is 10.1 Å². The molecule has 0 unspecified atom stereocenters. The number of aromatic nitrogens is 3. The normalized spacial score (nSPS) is 15.4. The van der Waals surface area contributed by atoms with Crippen molar-refractivity contribution in [2.24, 2.45) is 0 Å². The van der Waals surface area contributed by atoms with E-state index in [4.69, 9.17) is 16.3 Å². The van der Waals surface area contributed by atoms with Gasteiger partial charge in [0.25, 0.3) is 0 Å². The number of hydrogen-bond donors (Lipinski definition) is 1. The van der Waals surface area contributed by atoms with Crippen molar-refractivity contribution >= 4 is 11.6 Å². The topological polar surface area (TPSA) is 52.0 Å².